The summed E-state index contributed by atoms with van der Waals surface area (Å²) < 4.78 is 0. The number of aromatic nitrogens is 1. The van der Waals surface area contributed by atoms with Gasteiger partial charge in [0.05, 0.1) is 12.1 Å². The highest BCUT2D eigenvalue weighted by atomic mass is 16.3. The van der Waals surface area contributed by atoms with Crippen molar-refractivity contribution in [2.75, 3.05) is 0 Å². The molecule has 3 heterocycles. The molecule has 2 saturated heterocycles. The molecule has 0 aliphatic carbocycles. The van der Waals surface area contributed by atoms with E-state index in [9.17, 15) is 9.90 Å². The molecule has 3 N–H and O–H groups in total. The van der Waals surface area contributed by atoms with E-state index in [-0.39, 0.29) is 35.7 Å². The third-order valence-electron chi connectivity index (χ3n) is 6.71. The van der Waals surface area contributed by atoms with E-state index in [0.29, 0.717) is 12.5 Å². The molecule has 6 heteroatoms. The zero-order valence-electron chi connectivity index (χ0n) is 18.3. The first-order chi connectivity index (χ1) is 15.5. The van der Waals surface area contributed by atoms with Crippen LogP contribution < -0.4 is 10.9 Å². The summed E-state index contributed by atoms with van der Waals surface area (Å²) in [6.45, 7) is 4.85. The fraction of sp³-hybridized carbons (Fsp3) is 0.308. The Morgan fingerprint density at radius 3 is 2.44 bits per heavy atom. The van der Waals surface area contributed by atoms with E-state index in [2.05, 4.69) is 53.9 Å². The molecule has 2 aromatic carbocycles. The number of nitrogens with zero attached hydrogens (tertiary/aromatic N) is 2. The summed E-state index contributed by atoms with van der Waals surface area (Å²) >= 11 is 0. The van der Waals surface area contributed by atoms with Crippen LogP contribution in [0.4, 0.5) is 0 Å². The molecule has 0 radical (unpaired) electrons. The fourth-order valence-electron chi connectivity index (χ4n) is 5.06. The highest BCUT2D eigenvalue weighted by Crippen LogP contribution is 2.49. The Hall–Kier alpha value is -3.22. The number of nitrogens with one attached hydrogen (secondary N) is 2. The lowest BCUT2D eigenvalue weighted by Gasteiger charge is -2.31. The molecule has 3 aromatic rings. The number of phenolic OH excluding ortho intramolecular Hbond substituents is 1. The van der Waals surface area contributed by atoms with Gasteiger partial charge in [0.1, 0.15) is 11.8 Å². The maximum absolute atomic E-state index is 13.6. The van der Waals surface area contributed by atoms with E-state index in [1.165, 1.54) is 5.56 Å². The molecule has 2 fully saturated rings. The van der Waals surface area contributed by atoms with Gasteiger partial charge in [-0.1, -0.05) is 62.4 Å². The van der Waals surface area contributed by atoms with Crippen LogP contribution in [-0.2, 0) is 11.3 Å². The Labute approximate surface area is 188 Å². The first-order valence-electron chi connectivity index (χ1n) is 11.1. The summed E-state index contributed by atoms with van der Waals surface area (Å²) in [6, 6.07) is 19.1. The van der Waals surface area contributed by atoms with Crippen molar-refractivity contribution >= 4 is 5.91 Å². The lowest BCUT2D eigenvalue weighted by Crippen LogP contribution is -2.41. The quantitative estimate of drug-likeness (QED) is 0.576. The molecular weight excluding hydrogens is 400 g/mol. The maximum Gasteiger partial charge on any atom is 0.242 e. The number of pyridine rings is 1. The Kier molecular flexibility index (Phi) is 5.41. The molecule has 32 heavy (non-hydrogen) atoms. The average molecular weight is 429 g/mol. The van der Waals surface area contributed by atoms with Gasteiger partial charge in [0, 0.05) is 30.4 Å². The summed E-state index contributed by atoms with van der Waals surface area (Å²) in [6.07, 6.45) is 3.55. The molecule has 2 aliphatic rings. The van der Waals surface area contributed by atoms with Crippen molar-refractivity contribution in [3.8, 4) is 5.75 Å². The van der Waals surface area contributed by atoms with Crippen LogP contribution in [0.25, 0.3) is 0 Å². The Morgan fingerprint density at radius 1 is 1.00 bits per heavy atom. The van der Waals surface area contributed by atoms with Gasteiger partial charge in [0.2, 0.25) is 5.91 Å². The number of carbonyl (C=O) groups is 1. The number of hydrogen-bond donors (Lipinski definition) is 3. The van der Waals surface area contributed by atoms with Gasteiger partial charge in [-0.2, -0.15) is 0 Å². The first kappa shape index (κ1) is 20.7. The van der Waals surface area contributed by atoms with Gasteiger partial charge in [0.15, 0.2) is 0 Å². The summed E-state index contributed by atoms with van der Waals surface area (Å²) in [4.78, 5) is 19.7. The summed E-state index contributed by atoms with van der Waals surface area (Å²) in [7, 11) is 0. The predicted molar refractivity (Wildman–Crippen MR) is 122 cm³/mol. The van der Waals surface area contributed by atoms with Gasteiger partial charge in [-0.05, 0) is 34.7 Å². The summed E-state index contributed by atoms with van der Waals surface area (Å²) in [5.74, 6) is 0.663. The number of phenols is 1. The minimum absolute atomic E-state index is 0.0576. The number of carbonyl (C=O) groups excluding carboxylic acids is 1. The predicted octanol–water partition coefficient (Wildman–Crippen LogP) is 3.83. The molecule has 2 aliphatic heterocycles. The average Bonchev–Trinajstić information content (AvgIpc) is 3.34. The van der Waals surface area contributed by atoms with E-state index in [1.807, 2.05) is 41.4 Å². The smallest absolute Gasteiger partial charge is 0.242 e. The van der Waals surface area contributed by atoms with E-state index < -0.39 is 0 Å². The van der Waals surface area contributed by atoms with Gasteiger partial charge in [-0.3, -0.25) is 9.78 Å². The molecule has 0 spiro atoms. The van der Waals surface area contributed by atoms with Crippen LogP contribution >= 0.6 is 0 Å². The van der Waals surface area contributed by atoms with Crippen LogP contribution in [0.15, 0.2) is 73.1 Å². The van der Waals surface area contributed by atoms with E-state index >= 15 is 0 Å². The molecular formula is C26H28N4O2. The van der Waals surface area contributed by atoms with E-state index in [0.717, 1.165) is 16.7 Å². The maximum atomic E-state index is 13.6. The zero-order valence-corrected chi connectivity index (χ0v) is 18.3. The van der Waals surface area contributed by atoms with E-state index in [1.54, 1.807) is 12.3 Å². The van der Waals surface area contributed by atoms with Gasteiger partial charge >= 0.3 is 0 Å². The van der Waals surface area contributed by atoms with Gasteiger partial charge in [-0.25, -0.2) is 10.9 Å². The number of para-hydroxylation sites is 1. The lowest BCUT2D eigenvalue weighted by atomic mass is 9.82. The third kappa shape index (κ3) is 3.55. The molecule has 6 nitrogen and oxygen atoms in total. The van der Waals surface area contributed by atoms with Gasteiger partial charge in [0.25, 0.3) is 0 Å². The third-order valence-corrected chi connectivity index (χ3v) is 6.71. The Bertz CT molecular complexity index is 1100. The Balaban J connectivity index is 1.57. The molecule has 4 unspecified atom stereocenters. The fourth-order valence-corrected chi connectivity index (χ4v) is 5.06. The van der Waals surface area contributed by atoms with Crippen molar-refractivity contribution < 1.29 is 9.90 Å². The standard InChI is InChI=1S/C26H28N4O2/c1-16(2)18-9-11-19(12-10-18)25-22-23(20-7-3-4-8-21(20)31)28-29-24(22)26(32)30(25)15-17-6-5-13-27-14-17/h3-14,16,22-25,28-29,31H,15H2,1-2H3. The van der Waals surface area contributed by atoms with Crippen molar-refractivity contribution in [1.29, 1.82) is 0 Å². The second-order valence-electron chi connectivity index (χ2n) is 8.97. The number of hydrazine groups is 1. The molecule has 5 rings (SSSR count). The lowest BCUT2D eigenvalue weighted by molar-refractivity contribution is -0.131. The van der Waals surface area contributed by atoms with Crippen LogP contribution in [0, 0.1) is 5.92 Å². The monoisotopic (exact) mass is 428 g/mol. The van der Waals surface area contributed by atoms with Crippen LogP contribution in [0.1, 0.15) is 54.1 Å². The van der Waals surface area contributed by atoms with Crippen LogP contribution in [-0.4, -0.2) is 26.9 Å². The molecule has 1 aromatic heterocycles. The van der Waals surface area contributed by atoms with Crippen molar-refractivity contribution in [2.24, 2.45) is 5.92 Å². The second kappa shape index (κ2) is 8.37. The van der Waals surface area contributed by atoms with Crippen molar-refractivity contribution in [1.82, 2.24) is 20.7 Å². The normalized spacial score (nSPS) is 24.8. The molecule has 1 amide bonds. The topological polar surface area (TPSA) is 77.5 Å². The number of aromatic hydroxyl groups is 1. The number of fused-ring (bicyclic) bond motifs is 1. The molecule has 4 atom stereocenters. The Morgan fingerprint density at radius 2 is 1.75 bits per heavy atom. The second-order valence-corrected chi connectivity index (χ2v) is 8.97. The number of rotatable bonds is 5. The number of amides is 1. The largest absolute Gasteiger partial charge is 0.508 e. The zero-order chi connectivity index (χ0) is 22.2. The summed E-state index contributed by atoms with van der Waals surface area (Å²) in [5.41, 5.74) is 10.7. The van der Waals surface area contributed by atoms with Crippen LogP contribution in [0.3, 0.4) is 0 Å². The van der Waals surface area contributed by atoms with Gasteiger partial charge in [-0.15, -0.1) is 0 Å². The van der Waals surface area contributed by atoms with Crippen molar-refractivity contribution in [3.05, 3.63) is 95.3 Å². The van der Waals surface area contributed by atoms with Crippen LogP contribution in [0.2, 0.25) is 0 Å². The highest BCUT2D eigenvalue weighted by Gasteiger charge is 2.55. The summed E-state index contributed by atoms with van der Waals surface area (Å²) in [5, 5.41) is 10.5. The van der Waals surface area contributed by atoms with Crippen molar-refractivity contribution in [2.45, 2.75) is 44.4 Å². The highest BCUT2D eigenvalue weighted by molar-refractivity contribution is 5.86. The van der Waals surface area contributed by atoms with Gasteiger partial charge < -0.3 is 10.0 Å². The van der Waals surface area contributed by atoms with E-state index in [4.69, 9.17) is 0 Å². The first-order valence-corrected chi connectivity index (χ1v) is 11.1. The minimum Gasteiger partial charge on any atom is -0.508 e. The molecule has 0 bridgehead atoms. The minimum atomic E-state index is -0.369. The number of hydrogen-bond acceptors (Lipinski definition) is 5. The molecule has 0 saturated carbocycles. The number of likely N-dealkylation sites (tertiary alicyclic amines) is 1. The molecule has 164 valence electrons. The van der Waals surface area contributed by atoms with Crippen LogP contribution in [0.5, 0.6) is 5.75 Å². The van der Waals surface area contributed by atoms with Crippen molar-refractivity contribution in [3.63, 3.8) is 0 Å². The number of benzene rings is 2. The SMILES string of the molecule is CC(C)c1ccc(C2C3C(NNC3c3ccccc3O)C(=O)N2Cc2cccnc2)cc1.